The van der Waals surface area contributed by atoms with Gasteiger partial charge in [0.05, 0.1) is 5.69 Å². The normalized spacial score (nSPS) is 11.1. The molecule has 6 nitrogen and oxygen atoms in total. The predicted octanol–water partition coefficient (Wildman–Crippen LogP) is 0.627. The molecule has 0 aromatic heterocycles. The minimum atomic E-state index is -3.61. The topological polar surface area (TPSA) is 108 Å². The average Bonchev–Trinajstić information content (AvgIpc) is 2.26. The molecule has 5 N–H and O–H groups in total. The van der Waals surface area contributed by atoms with Crippen molar-refractivity contribution in [3.63, 3.8) is 0 Å². The molecule has 0 saturated carbocycles. The van der Waals surface area contributed by atoms with Crippen LogP contribution in [-0.4, -0.2) is 20.8 Å². The molecule has 94 valence electrons. The number of benzene rings is 1. The Morgan fingerprint density at radius 1 is 1.41 bits per heavy atom. The third-order valence-corrected chi connectivity index (χ3v) is 3.08. The lowest BCUT2D eigenvalue weighted by atomic mass is 10.2. The van der Waals surface area contributed by atoms with Crippen LogP contribution in [0.4, 0.5) is 5.69 Å². The van der Waals surface area contributed by atoms with E-state index in [0.29, 0.717) is 24.2 Å². The second-order valence-corrected chi connectivity index (χ2v) is 4.96. The van der Waals surface area contributed by atoms with Crippen molar-refractivity contribution in [2.24, 2.45) is 5.73 Å². The maximum atomic E-state index is 11.6. The van der Waals surface area contributed by atoms with Crippen molar-refractivity contribution in [3.8, 4) is 0 Å². The maximum absolute atomic E-state index is 11.6. The quantitative estimate of drug-likeness (QED) is 0.442. The van der Waals surface area contributed by atoms with E-state index in [0.717, 1.165) is 0 Å². The smallest absolute Gasteiger partial charge is 0.299 e. The summed E-state index contributed by atoms with van der Waals surface area (Å²) in [5.74, 6) is -0.182. The molecule has 0 fully saturated rings. The molecule has 1 aromatic rings. The fourth-order valence-electron chi connectivity index (χ4n) is 1.22. The number of nitrogen functional groups attached to an aromatic ring is 1. The molecule has 0 aliphatic rings. The molecular weight excluding hydrogens is 240 g/mol. The van der Waals surface area contributed by atoms with E-state index in [1.807, 2.05) is 6.92 Å². The van der Waals surface area contributed by atoms with Gasteiger partial charge in [-0.05, 0) is 18.6 Å². The van der Waals surface area contributed by atoms with Gasteiger partial charge in [0, 0.05) is 12.1 Å². The molecule has 0 radical (unpaired) electrons. The van der Waals surface area contributed by atoms with E-state index in [2.05, 4.69) is 9.44 Å². The van der Waals surface area contributed by atoms with Crippen molar-refractivity contribution in [3.05, 3.63) is 29.8 Å². The zero-order valence-corrected chi connectivity index (χ0v) is 10.3. The van der Waals surface area contributed by atoms with Crippen molar-refractivity contribution >= 4 is 21.7 Å². The third-order valence-electron chi connectivity index (χ3n) is 2.00. The van der Waals surface area contributed by atoms with Crippen LogP contribution < -0.4 is 15.2 Å². The van der Waals surface area contributed by atoms with Gasteiger partial charge in [-0.2, -0.15) is 13.1 Å². The van der Waals surface area contributed by atoms with Gasteiger partial charge >= 0.3 is 0 Å². The Labute approximate surface area is 101 Å². The second-order valence-electron chi connectivity index (χ2n) is 3.46. The molecule has 0 aliphatic heterocycles. The van der Waals surface area contributed by atoms with Crippen LogP contribution in [0.3, 0.4) is 0 Å². The second kappa shape index (κ2) is 5.65. The summed E-state index contributed by atoms with van der Waals surface area (Å²) in [7, 11) is -3.61. The van der Waals surface area contributed by atoms with Gasteiger partial charge in [-0.3, -0.25) is 10.1 Å². The molecule has 0 saturated heterocycles. The molecule has 0 spiro atoms. The number of amidine groups is 1. The van der Waals surface area contributed by atoms with Gasteiger partial charge in [-0.1, -0.05) is 19.1 Å². The highest BCUT2D eigenvalue weighted by Gasteiger charge is 2.12. The molecule has 0 amide bonds. The van der Waals surface area contributed by atoms with Crippen molar-refractivity contribution in [2.75, 3.05) is 11.3 Å². The van der Waals surface area contributed by atoms with Gasteiger partial charge in [0.2, 0.25) is 0 Å². The Balaban J connectivity index is 2.92. The number of nitrogens with one attached hydrogen (secondary N) is 3. The summed E-state index contributed by atoms with van der Waals surface area (Å²) in [5.41, 5.74) is 6.01. The van der Waals surface area contributed by atoms with E-state index in [4.69, 9.17) is 11.1 Å². The average molecular weight is 256 g/mol. The van der Waals surface area contributed by atoms with Crippen LogP contribution in [0.5, 0.6) is 0 Å². The van der Waals surface area contributed by atoms with Crippen LogP contribution in [0.2, 0.25) is 0 Å². The first-order valence-electron chi connectivity index (χ1n) is 5.17. The Bertz CT molecular complexity index is 499. The monoisotopic (exact) mass is 256 g/mol. The first kappa shape index (κ1) is 13.5. The predicted molar refractivity (Wildman–Crippen MR) is 68.3 cm³/mol. The molecule has 0 unspecified atom stereocenters. The molecule has 0 atom stereocenters. The van der Waals surface area contributed by atoms with Crippen LogP contribution in [0.15, 0.2) is 24.3 Å². The van der Waals surface area contributed by atoms with Gasteiger partial charge in [0.15, 0.2) is 0 Å². The van der Waals surface area contributed by atoms with Crippen molar-refractivity contribution < 1.29 is 8.42 Å². The molecule has 0 aliphatic carbocycles. The van der Waals surface area contributed by atoms with Crippen molar-refractivity contribution in [1.82, 2.24) is 4.72 Å². The molecule has 7 heteroatoms. The van der Waals surface area contributed by atoms with Crippen LogP contribution in [-0.2, 0) is 10.2 Å². The summed E-state index contributed by atoms with van der Waals surface area (Å²) < 4.78 is 27.9. The van der Waals surface area contributed by atoms with E-state index < -0.39 is 10.2 Å². The van der Waals surface area contributed by atoms with E-state index in [9.17, 15) is 8.42 Å². The summed E-state index contributed by atoms with van der Waals surface area (Å²) in [4.78, 5) is 0. The Morgan fingerprint density at radius 2 is 2.06 bits per heavy atom. The van der Waals surface area contributed by atoms with Gasteiger partial charge < -0.3 is 5.73 Å². The van der Waals surface area contributed by atoms with E-state index in [1.54, 1.807) is 24.3 Å². The highest BCUT2D eigenvalue weighted by molar-refractivity contribution is 7.90. The van der Waals surface area contributed by atoms with Crippen LogP contribution in [0.25, 0.3) is 0 Å². The Morgan fingerprint density at radius 3 is 2.65 bits per heavy atom. The lowest BCUT2D eigenvalue weighted by molar-refractivity contribution is 0.586. The summed E-state index contributed by atoms with van der Waals surface area (Å²) in [6.07, 6.45) is 0.704. The summed E-state index contributed by atoms with van der Waals surface area (Å²) >= 11 is 0. The first-order chi connectivity index (χ1) is 7.96. The standard InChI is InChI=1S/C10H16N4O2S/c1-2-7-13-17(15,16)14-9-6-4-3-5-8(9)10(11)12/h3-6,13-14H,2,7H2,1H3,(H3,11,12). The number of para-hydroxylation sites is 1. The van der Waals surface area contributed by atoms with Gasteiger partial charge in [0.25, 0.3) is 10.2 Å². The fraction of sp³-hybridized carbons (Fsp3) is 0.300. The zero-order chi connectivity index (χ0) is 12.9. The van der Waals surface area contributed by atoms with Gasteiger partial charge in [-0.15, -0.1) is 0 Å². The minimum absolute atomic E-state index is 0.182. The van der Waals surface area contributed by atoms with Crippen LogP contribution >= 0.6 is 0 Å². The Hall–Kier alpha value is -1.60. The third kappa shape index (κ3) is 4.04. The summed E-state index contributed by atoms with van der Waals surface area (Å²) in [6.45, 7) is 2.23. The number of hydrogen-bond acceptors (Lipinski definition) is 3. The SMILES string of the molecule is CCCNS(=O)(=O)Nc1ccccc1C(=N)N. The van der Waals surface area contributed by atoms with Gasteiger partial charge in [0.1, 0.15) is 5.84 Å². The van der Waals surface area contributed by atoms with Gasteiger partial charge in [-0.25, -0.2) is 0 Å². The van der Waals surface area contributed by atoms with Crippen LogP contribution in [0.1, 0.15) is 18.9 Å². The lowest BCUT2D eigenvalue weighted by Crippen LogP contribution is -2.31. The molecule has 0 heterocycles. The molecule has 17 heavy (non-hydrogen) atoms. The van der Waals surface area contributed by atoms with Crippen LogP contribution in [0, 0.1) is 5.41 Å². The summed E-state index contributed by atoms with van der Waals surface area (Å²) in [6, 6.07) is 6.50. The number of anilines is 1. The first-order valence-corrected chi connectivity index (χ1v) is 6.65. The highest BCUT2D eigenvalue weighted by Crippen LogP contribution is 2.15. The molecule has 1 rings (SSSR count). The molecule has 1 aromatic carbocycles. The van der Waals surface area contributed by atoms with E-state index >= 15 is 0 Å². The number of rotatable bonds is 6. The zero-order valence-electron chi connectivity index (χ0n) is 9.53. The molecule has 0 bridgehead atoms. The number of nitrogens with two attached hydrogens (primary N) is 1. The number of hydrogen-bond donors (Lipinski definition) is 4. The van der Waals surface area contributed by atoms with Crippen molar-refractivity contribution in [1.29, 1.82) is 5.41 Å². The largest absolute Gasteiger partial charge is 0.384 e. The highest BCUT2D eigenvalue weighted by atomic mass is 32.2. The molecular formula is C10H16N4O2S. The van der Waals surface area contributed by atoms with Crippen molar-refractivity contribution in [2.45, 2.75) is 13.3 Å². The van der Waals surface area contributed by atoms with E-state index in [-0.39, 0.29) is 5.84 Å². The maximum Gasteiger partial charge on any atom is 0.299 e. The minimum Gasteiger partial charge on any atom is -0.384 e. The fourth-order valence-corrected chi connectivity index (χ4v) is 2.24. The van der Waals surface area contributed by atoms with E-state index in [1.165, 1.54) is 0 Å². The lowest BCUT2D eigenvalue weighted by Gasteiger charge is -2.11. The Kier molecular flexibility index (Phi) is 4.47. The summed E-state index contributed by atoms with van der Waals surface area (Å²) in [5, 5.41) is 7.34.